The molecule has 0 aromatic carbocycles. The molecule has 0 amide bonds. The van der Waals surface area contributed by atoms with Crippen LogP contribution in [0.2, 0.25) is 0 Å². The summed E-state index contributed by atoms with van der Waals surface area (Å²) in [4.78, 5) is 0. The second kappa shape index (κ2) is 5.92. The molecule has 1 saturated carbocycles. The SMILES string of the molecule is CNC(c1c(OC)cnn1C(C)C)C(OC)C1CC1. The molecule has 0 saturated heterocycles. The smallest absolute Gasteiger partial charge is 0.161 e. The summed E-state index contributed by atoms with van der Waals surface area (Å²) in [5.41, 5.74) is 1.08. The van der Waals surface area contributed by atoms with Gasteiger partial charge in [0.25, 0.3) is 0 Å². The van der Waals surface area contributed by atoms with Crippen molar-refractivity contribution >= 4 is 0 Å². The number of methoxy groups -OCH3 is 2. The molecule has 0 bridgehead atoms. The Hall–Kier alpha value is -1.07. The van der Waals surface area contributed by atoms with Crippen LogP contribution in [0.1, 0.15) is 44.5 Å². The van der Waals surface area contributed by atoms with Gasteiger partial charge in [-0.15, -0.1) is 0 Å². The van der Waals surface area contributed by atoms with Crippen molar-refractivity contribution in [3.8, 4) is 5.75 Å². The van der Waals surface area contributed by atoms with E-state index in [0.29, 0.717) is 12.0 Å². The summed E-state index contributed by atoms with van der Waals surface area (Å²) in [6.45, 7) is 4.25. The predicted octanol–water partition coefficient (Wildman–Crippen LogP) is 2.16. The van der Waals surface area contributed by atoms with E-state index in [9.17, 15) is 0 Å². The Balaban J connectivity index is 2.37. The molecule has 108 valence electrons. The van der Waals surface area contributed by atoms with Crippen LogP contribution in [0.4, 0.5) is 0 Å². The lowest BCUT2D eigenvalue weighted by Gasteiger charge is -2.28. The molecule has 1 N–H and O–H groups in total. The molecule has 1 aliphatic carbocycles. The van der Waals surface area contributed by atoms with Crippen molar-refractivity contribution in [3.05, 3.63) is 11.9 Å². The lowest BCUT2D eigenvalue weighted by atomic mass is 10.0. The maximum Gasteiger partial charge on any atom is 0.161 e. The van der Waals surface area contributed by atoms with E-state index in [0.717, 1.165) is 11.4 Å². The monoisotopic (exact) mass is 267 g/mol. The van der Waals surface area contributed by atoms with Crippen LogP contribution in [0.25, 0.3) is 0 Å². The fourth-order valence-corrected chi connectivity index (χ4v) is 2.70. The summed E-state index contributed by atoms with van der Waals surface area (Å²) in [6.07, 6.45) is 4.45. The van der Waals surface area contributed by atoms with Gasteiger partial charge in [-0.1, -0.05) is 0 Å². The zero-order valence-corrected chi connectivity index (χ0v) is 12.5. The first kappa shape index (κ1) is 14.3. The Morgan fingerprint density at radius 3 is 2.47 bits per heavy atom. The van der Waals surface area contributed by atoms with E-state index in [2.05, 4.69) is 24.3 Å². The molecule has 2 rings (SSSR count). The normalized spacial score (nSPS) is 18.6. The number of likely N-dealkylation sites (N-methyl/N-ethyl adjacent to an activating group) is 1. The van der Waals surface area contributed by atoms with Gasteiger partial charge in [0.05, 0.1) is 25.5 Å². The number of aromatic nitrogens is 2. The number of rotatable bonds is 7. The number of hydrogen-bond donors (Lipinski definition) is 1. The molecule has 0 aliphatic heterocycles. The molecule has 0 radical (unpaired) electrons. The quantitative estimate of drug-likeness (QED) is 0.822. The molecule has 1 aromatic rings. The first-order valence-corrected chi connectivity index (χ1v) is 6.95. The number of hydrogen-bond acceptors (Lipinski definition) is 4. The number of ether oxygens (including phenoxy) is 2. The summed E-state index contributed by atoms with van der Waals surface area (Å²) < 4.78 is 13.2. The predicted molar refractivity (Wildman–Crippen MR) is 74.5 cm³/mol. The van der Waals surface area contributed by atoms with E-state index >= 15 is 0 Å². The molecule has 5 nitrogen and oxygen atoms in total. The Labute approximate surface area is 115 Å². The minimum absolute atomic E-state index is 0.109. The fraction of sp³-hybridized carbons (Fsp3) is 0.786. The first-order valence-electron chi connectivity index (χ1n) is 6.95. The van der Waals surface area contributed by atoms with Gasteiger partial charge in [-0.05, 0) is 39.7 Å². The molecule has 0 spiro atoms. The lowest BCUT2D eigenvalue weighted by molar-refractivity contribution is 0.0492. The molecule has 2 unspecified atom stereocenters. The van der Waals surface area contributed by atoms with E-state index in [1.165, 1.54) is 12.8 Å². The number of nitrogens with zero attached hydrogens (tertiary/aromatic N) is 2. The minimum atomic E-state index is 0.109. The third-order valence-corrected chi connectivity index (χ3v) is 3.80. The highest BCUT2D eigenvalue weighted by molar-refractivity contribution is 5.30. The average molecular weight is 267 g/mol. The molecule has 1 aromatic heterocycles. The van der Waals surface area contributed by atoms with Gasteiger partial charge in [-0.3, -0.25) is 4.68 Å². The molecule has 1 fully saturated rings. The molecule has 1 aliphatic rings. The van der Waals surface area contributed by atoms with Gasteiger partial charge in [0.2, 0.25) is 0 Å². The van der Waals surface area contributed by atoms with Gasteiger partial charge in [0, 0.05) is 13.2 Å². The largest absolute Gasteiger partial charge is 0.493 e. The topological polar surface area (TPSA) is 48.3 Å². The summed E-state index contributed by atoms with van der Waals surface area (Å²) in [6, 6.07) is 0.406. The summed E-state index contributed by atoms with van der Waals surface area (Å²) >= 11 is 0. The van der Waals surface area contributed by atoms with Crippen molar-refractivity contribution in [1.29, 1.82) is 0 Å². The highest BCUT2D eigenvalue weighted by atomic mass is 16.5. The van der Waals surface area contributed by atoms with Gasteiger partial charge in [0.15, 0.2) is 5.75 Å². The van der Waals surface area contributed by atoms with Crippen LogP contribution in [0.3, 0.4) is 0 Å². The molecule has 5 heteroatoms. The van der Waals surface area contributed by atoms with E-state index in [-0.39, 0.29) is 12.1 Å². The van der Waals surface area contributed by atoms with E-state index in [4.69, 9.17) is 9.47 Å². The van der Waals surface area contributed by atoms with Crippen LogP contribution in [-0.2, 0) is 4.74 Å². The second-order valence-corrected chi connectivity index (χ2v) is 5.44. The van der Waals surface area contributed by atoms with Crippen molar-refractivity contribution < 1.29 is 9.47 Å². The van der Waals surface area contributed by atoms with E-state index in [1.807, 2.05) is 11.7 Å². The molecule has 2 atom stereocenters. The van der Waals surface area contributed by atoms with E-state index < -0.39 is 0 Å². The van der Waals surface area contributed by atoms with Gasteiger partial charge in [-0.2, -0.15) is 5.10 Å². The fourth-order valence-electron chi connectivity index (χ4n) is 2.70. The molecular formula is C14H25N3O2. The van der Waals surface area contributed by atoms with Crippen molar-refractivity contribution in [2.24, 2.45) is 5.92 Å². The molecule has 19 heavy (non-hydrogen) atoms. The van der Waals surface area contributed by atoms with Crippen molar-refractivity contribution in [2.45, 2.75) is 44.9 Å². The van der Waals surface area contributed by atoms with Gasteiger partial charge in [-0.25, -0.2) is 0 Å². The second-order valence-electron chi connectivity index (χ2n) is 5.44. The van der Waals surface area contributed by atoms with Gasteiger partial charge in [0.1, 0.15) is 5.69 Å². The maximum absolute atomic E-state index is 5.73. The summed E-state index contributed by atoms with van der Waals surface area (Å²) in [5.74, 6) is 1.47. The van der Waals surface area contributed by atoms with Crippen LogP contribution in [0, 0.1) is 5.92 Å². The Morgan fingerprint density at radius 2 is 2.05 bits per heavy atom. The average Bonchev–Trinajstić information content (AvgIpc) is 3.14. The molecular weight excluding hydrogens is 242 g/mol. The van der Waals surface area contributed by atoms with Crippen LogP contribution in [0.5, 0.6) is 5.75 Å². The standard InChI is InChI=1S/C14H25N3O2/c1-9(2)17-13(11(18-4)8-16-17)12(15-3)14(19-5)10-6-7-10/h8-10,12,14-15H,6-7H2,1-5H3. The third-order valence-electron chi connectivity index (χ3n) is 3.80. The zero-order chi connectivity index (χ0) is 14.0. The lowest BCUT2D eigenvalue weighted by Crippen LogP contribution is -2.35. The van der Waals surface area contributed by atoms with Crippen molar-refractivity contribution in [1.82, 2.24) is 15.1 Å². The highest BCUT2D eigenvalue weighted by Crippen LogP contribution is 2.41. The Morgan fingerprint density at radius 1 is 1.37 bits per heavy atom. The van der Waals surface area contributed by atoms with Gasteiger partial charge < -0.3 is 14.8 Å². The summed E-state index contributed by atoms with van der Waals surface area (Å²) in [5, 5.41) is 7.83. The molecule has 1 heterocycles. The Bertz CT molecular complexity index is 413. The van der Waals surface area contributed by atoms with Crippen LogP contribution >= 0.6 is 0 Å². The third kappa shape index (κ3) is 2.77. The van der Waals surface area contributed by atoms with Crippen molar-refractivity contribution in [3.63, 3.8) is 0 Å². The summed E-state index contributed by atoms with van der Waals surface area (Å²) in [7, 11) is 5.45. The highest BCUT2D eigenvalue weighted by Gasteiger charge is 2.39. The van der Waals surface area contributed by atoms with Crippen LogP contribution in [0.15, 0.2) is 6.20 Å². The number of nitrogens with one attached hydrogen (secondary N) is 1. The van der Waals surface area contributed by atoms with Crippen molar-refractivity contribution in [2.75, 3.05) is 21.3 Å². The maximum atomic E-state index is 5.73. The van der Waals surface area contributed by atoms with Gasteiger partial charge >= 0.3 is 0 Å². The van der Waals surface area contributed by atoms with Crippen LogP contribution in [-0.4, -0.2) is 37.2 Å². The van der Waals surface area contributed by atoms with E-state index in [1.54, 1.807) is 20.4 Å². The zero-order valence-electron chi connectivity index (χ0n) is 12.5. The minimum Gasteiger partial charge on any atom is -0.493 e. The Kier molecular flexibility index (Phi) is 4.47. The first-order chi connectivity index (χ1) is 9.13. The van der Waals surface area contributed by atoms with Crippen LogP contribution < -0.4 is 10.1 Å².